The van der Waals surface area contributed by atoms with Crippen LogP contribution in [0.3, 0.4) is 0 Å². The normalized spacial score (nSPS) is 26.4. The van der Waals surface area contributed by atoms with E-state index in [9.17, 15) is 4.79 Å². The maximum absolute atomic E-state index is 12.1. The van der Waals surface area contributed by atoms with E-state index in [1.807, 2.05) is 27.8 Å². The van der Waals surface area contributed by atoms with Gasteiger partial charge in [0.2, 0.25) is 0 Å². The van der Waals surface area contributed by atoms with Crippen LogP contribution in [0.2, 0.25) is 0 Å². The van der Waals surface area contributed by atoms with Crippen molar-refractivity contribution in [2.24, 2.45) is 0 Å². The molecule has 5 nitrogen and oxygen atoms in total. The first kappa shape index (κ1) is 16.4. The first-order valence-electron chi connectivity index (χ1n) is 7.18. The number of carbonyl (C=O) groups is 1. The number of carbonyl (C=O) groups excluding carboxylic acids is 1. The molecule has 0 bridgehead atoms. The fraction of sp³-hybridized carbons (Fsp3) is 0.929. The molecule has 0 aromatic heterocycles. The zero-order chi connectivity index (χ0) is 14.5. The van der Waals surface area contributed by atoms with Gasteiger partial charge in [-0.25, -0.2) is 0 Å². The molecule has 1 heterocycles. The highest BCUT2D eigenvalue weighted by molar-refractivity contribution is 5.80. The molecule has 1 aliphatic heterocycles. The van der Waals surface area contributed by atoms with E-state index >= 15 is 0 Å². The van der Waals surface area contributed by atoms with Crippen LogP contribution in [0.4, 0.5) is 0 Å². The summed E-state index contributed by atoms with van der Waals surface area (Å²) in [7, 11) is 2.05. The smallest absolute Gasteiger partial charge is 0.327 e. The number of nitrogens with one attached hydrogen (secondary N) is 1. The summed E-state index contributed by atoms with van der Waals surface area (Å²) in [5, 5.41) is 3.26. The van der Waals surface area contributed by atoms with Crippen LogP contribution >= 0.6 is 0 Å². The van der Waals surface area contributed by atoms with E-state index in [0.29, 0.717) is 19.2 Å². The van der Waals surface area contributed by atoms with Crippen molar-refractivity contribution in [1.29, 1.82) is 0 Å². The topological polar surface area (TPSA) is 50.8 Å². The van der Waals surface area contributed by atoms with Crippen molar-refractivity contribution in [1.82, 2.24) is 10.2 Å². The second-order valence-electron chi connectivity index (χ2n) is 5.43. The number of ether oxygens (including phenoxy) is 2. The summed E-state index contributed by atoms with van der Waals surface area (Å²) in [6.07, 6.45) is 1.24. The average molecular weight is 272 g/mol. The van der Waals surface area contributed by atoms with E-state index in [-0.39, 0.29) is 12.1 Å². The highest BCUT2D eigenvalue weighted by Crippen LogP contribution is 2.20. The van der Waals surface area contributed by atoms with Crippen molar-refractivity contribution in [3.63, 3.8) is 0 Å². The molecule has 0 spiro atoms. The lowest BCUT2D eigenvalue weighted by Gasteiger charge is -2.36. The van der Waals surface area contributed by atoms with Crippen molar-refractivity contribution < 1.29 is 14.3 Å². The predicted molar refractivity (Wildman–Crippen MR) is 75.2 cm³/mol. The maximum Gasteiger partial charge on any atom is 0.327 e. The van der Waals surface area contributed by atoms with Gasteiger partial charge in [0.25, 0.3) is 0 Å². The van der Waals surface area contributed by atoms with Gasteiger partial charge < -0.3 is 14.8 Å². The monoisotopic (exact) mass is 272 g/mol. The number of hydrogen-bond donors (Lipinski definition) is 1. The van der Waals surface area contributed by atoms with Crippen molar-refractivity contribution in [3.05, 3.63) is 0 Å². The van der Waals surface area contributed by atoms with Crippen molar-refractivity contribution in [3.8, 4) is 0 Å². The Morgan fingerprint density at radius 3 is 2.68 bits per heavy atom. The molecule has 112 valence electrons. The van der Waals surface area contributed by atoms with Crippen molar-refractivity contribution in [2.45, 2.75) is 51.8 Å². The molecule has 0 amide bonds. The lowest BCUT2D eigenvalue weighted by atomic mass is 9.99. The van der Waals surface area contributed by atoms with Gasteiger partial charge in [-0.05, 0) is 40.8 Å². The molecule has 1 aliphatic rings. The highest BCUT2D eigenvalue weighted by Gasteiger charge is 2.38. The fourth-order valence-electron chi connectivity index (χ4n) is 2.79. The minimum Gasteiger partial charge on any atom is -0.465 e. The van der Waals surface area contributed by atoms with E-state index in [0.717, 1.165) is 19.6 Å². The molecule has 3 unspecified atom stereocenters. The highest BCUT2D eigenvalue weighted by atomic mass is 16.5. The third-order valence-electron chi connectivity index (χ3n) is 3.76. The van der Waals surface area contributed by atoms with Crippen LogP contribution in [0, 0.1) is 0 Å². The van der Waals surface area contributed by atoms with E-state index in [2.05, 4.69) is 17.1 Å². The largest absolute Gasteiger partial charge is 0.465 e. The number of likely N-dealkylation sites (N-methyl/N-ethyl adjacent to an activating group) is 2. The fourth-order valence-corrected chi connectivity index (χ4v) is 2.79. The summed E-state index contributed by atoms with van der Waals surface area (Å²) < 4.78 is 10.8. The Morgan fingerprint density at radius 1 is 1.53 bits per heavy atom. The zero-order valence-electron chi connectivity index (χ0n) is 12.9. The van der Waals surface area contributed by atoms with E-state index in [4.69, 9.17) is 9.47 Å². The Balaban J connectivity index is 2.68. The summed E-state index contributed by atoms with van der Waals surface area (Å²) in [5.41, 5.74) is -0.665. The molecule has 1 fully saturated rings. The van der Waals surface area contributed by atoms with Crippen molar-refractivity contribution in [2.75, 3.05) is 33.4 Å². The van der Waals surface area contributed by atoms with Gasteiger partial charge in [0.1, 0.15) is 5.54 Å². The van der Waals surface area contributed by atoms with Crippen LogP contribution < -0.4 is 5.32 Å². The summed E-state index contributed by atoms with van der Waals surface area (Å²) in [5.74, 6) is -0.185. The standard InChI is InChI=1S/C14H28N2O3/c1-6-15-14(4,13(17)18-7-2)10-16(5)12-8-9-19-11(12)3/h11-12,15H,6-10H2,1-5H3. The Morgan fingerprint density at radius 2 is 2.21 bits per heavy atom. The molecule has 3 atom stereocenters. The number of nitrogens with zero attached hydrogens (tertiary/aromatic N) is 1. The number of hydrogen-bond acceptors (Lipinski definition) is 5. The van der Waals surface area contributed by atoms with Crippen molar-refractivity contribution >= 4 is 5.97 Å². The Labute approximate surface area is 116 Å². The minimum absolute atomic E-state index is 0.185. The molecule has 1 N–H and O–H groups in total. The van der Waals surface area contributed by atoms with Gasteiger partial charge >= 0.3 is 5.97 Å². The number of esters is 1. The second kappa shape index (κ2) is 7.22. The van der Waals surface area contributed by atoms with Crippen LogP contribution in [-0.2, 0) is 14.3 Å². The summed E-state index contributed by atoms with van der Waals surface area (Å²) in [6.45, 7) is 10.4. The molecule has 0 aromatic carbocycles. The first-order chi connectivity index (χ1) is 8.94. The second-order valence-corrected chi connectivity index (χ2v) is 5.43. The number of rotatable bonds is 7. The zero-order valence-corrected chi connectivity index (χ0v) is 12.9. The molecule has 1 rings (SSSR count). The van der Waals surface area contributed by atoms with E-state index < -0.39 is 5.54 Å². The quantitative estimate of drug-likeness (QED) is 0.702. The van der Waals surface area contributed by atoms with E-state index in [1.165, 1.54) is 0 Å². The molecule has 0 aliphatic carbocycles. The van der Waals surface area contributed by atoms with Crippen LogP contribution in [0.15, 0.2) is 0 Å². The maximum atomic E-state index is 12.1. The van der Waals surface area contributed by atoms with Gasteiger partial charge in [-0.1, -0.05) is 6.92 Å². The molecule has 1 saturated heterocycles. The van der Waals surface area contributed by atoms with Crippen LogP contribution in [-0.4, -0.2) is 61.9 Å². The van der Waals surface area contributed by atoms with E-state index in [1.54, 1.807) is 0 Å². The summed E-state index contributed by atoms with van der Waals surface area (Å²) >= 11 is 0. The molecular weight excluding hydrogens is 244 g/mol. The first-order valence-corrected chi connectivity index (χ1v) is 7.18. The minimum atomic E-state index is -0.665. The Hall–Kier alpha value is -0.650. The Kier molecular flexibility index (Phi) is 6.23. The molecule has 0 radical (unpaired) electrons. The van der Waals surface area contributed by atoms with Gasteiger partial charge in [0.15, 0.2) is 0 Å². The van der Waals surface area contributed by atoms with Crippen LogP contribution in [0.5, 0.6) is 0 Å². The van der Waals surface area contributed by atoms with Gasteiger partial charge in [-0.15, -0.1) is 0 Å². The lowest BCUT2D eigenvalue weighted by molar-refractivity contribution is -0.151. The third kappa shape index (κ3) is 4.16. The molecular formula is C14H28N2O3. The summed E-state index contributed by atoms with van der Waals surface area (Å²) in [4.78, 5) is 14.3. The van der Waals surface area contributed by atoms with Gasteiger partial charge in [0, 0.05) is 19.2 Å². The van der Waals surface area contributed by atoms with Gasteiger partial charge in [-0.2, -0.15) is 0 Å². The third-order valence-corrected chi connectivity index (χ3v) is 3.76. The SMILES string of the molecule is CCNC(C)(CN(C)C1CCOC1C)C(=O)OCC. The molecule has 5 heteroatoms. The van der Waals surface area contributed by atoms with Crippen LogP contribution in [0.1, 0.15) is 34.1 Å². The van der Waals surface area contributed by atoms with Gasteiger partial charge in [0.05, 0.1) is 12.7 Å². The lowest BCUT2D eigenvalue weighted by Crippen LogP contribution is -2.58. The predicted octanol–water partition coefficient (Wildman–Crippen LogP) is 1.03. The van der Waals surface area contributed by atoms with Gasteiger partial charge in [-0.3, -0.25) is 9.69 Å². The molecule has 19 heavy (non-hydrogen) atoms. The molecule has 0 aromatic rings. The average Bonchev–Trinajstić information content (AvgIpc) is 2.76. The molecule has 0 saturated carbocycles. The Bertz CT molecular complexity index is 298. The summed E-state index contributed by atoms with van der Waals surface area (Å²) in [6, 6.07) is 0.368. The van der Waals surface area contributed by atoms with Crippen LogP contribution in [0.25, 0.3) is 0 Å².